The van der Waals surface area contributed by atoms with Crippen LogP contribution in [0.3, 0.4) is 0 Å². The van der Waals surface area contributed by atoms with Crippen LogP contribution in [0, 0.1) is 0 Å². The van der Waals surface area contributed by atoms with Crippen molar-refractivity contribution in [2.75, 3.05) is 42.6 Å². The molecule has 0 radical (unpaired) electrons. The average Bonchev–Trinajstić information content (AvgIpc) is 2.69. The Morgan fingerprint density at radius 1 is 0.929 bits per heavy atom. The zero-order valence-corrected chi connectivity index (χ0v) is 17.3. The number of para-hydroxylation sites is 1. The van der Waals surface area contributed by atoms with Gasteiger partial charge in [-0.15, -0.1) is 0 Å². The molecule has 7 heteroatoms. The van der Waals surface area contributed by atoms with Gasteiger partial charge in [0.05, 0.1) is 16.5 Å². The number of carbonyl (C=O) groups is 1. The number of piperazine rings is 1. The minimum atomic E-state index is -3.40. The summed E-state index contributed by atoms with van der Waals surface area (Å²) in [6, 6.07) is 17.4. The molecule has 0 spiro atoms. The fraction of sp³-hybridized carbons (Fsp3) is 0.381. The van der Waals surface area contributed by atoms with E-state index < -0.39 is 15.6 Å². The van der Waals surface area contributed by atoms with Crippen molar-refractivity contribution in [3.8, 4) is 0 Å². The number of amides is 1. The molecule has 28 heavy (non-hydrogen) atoms. The van der Waals surface area contributed by atoms with Gasteiger partial charge in [0.1, 0.15) is 5.75 Å². The third-order valence-electron chi connectivity index (χ3n) is 4.93. The maximum Gasteiger partial charge on any atom is 0.237 e. The Morgan fingerprint density at radius 2 is 1.57 bits per heavy atom. The van der Waals surface area contributed by atoms with E-state index in [1.807, 2.05) is 54.6 Å². The summed E-state index contributed by atoms with van der Waals surface area (Å²) in [6.07, 6.45) is 1.23. The standard InChI is InChI=1S/C21H25ClN2O3S/c22-19-10-4-5-11-20(19)23-12-14-24(15-13-23)21(25)17-28(26,27)16-6-9-18-7-2-1-3-8-18/h1-5,7-8,10-11H,6,9,12-17H2. The summed E-state index contributed by atoms with van der Waals surface area (Å²) in [4.78, 5) is 16.2. The normalized spacial score (nSPS) is 14.9. The molecule has 0 unspecified atom stereocenters. The van der Waals surface area contributed by atoms with E-state index >= 15 is 0 Å². The number of rotatable bonds is 7. The molecular weight excluding hydrogens is 396 g/mol. The van der Waals surface area contributed by atoms with Crippen molar-refractivity contribution < 1.29 is 13.2 Å². The van der Waals surface area contributed by atoms with Crippen molar-refractivity contribution in [1.29, 1.82) is 0 Å². The number of benzene rings is 2. The molecule has 1 amide bonds. The molecule has 0 bridgehead atoms. The lowest BCUT2D eigenvalue weighted by atomic mass is 10.1. The van der Waals surface area contributed by atoms with Crippen molar-refractivity contribution in [2.24, 2.45) is 0 Å². The zero-order valence-electron chi connectivity index (χ0n) is 15.8. The van der Waals surface area contributed by atoms with E-state index in [1.54, 1.807) is 4.90 Å². The Bertz CT molecular complexity index is 895. The summed E-state index contributed by atoms with van der Waals surface area (Å²) in [5.41, 5.74) is 2.06. The van der Waals surface area contributed by atoms with Crippen LogP contribution in [-0.4, -0.2) is 56.9 Å². The summed E-state index contributed by atoms with van der Waals surface area (Å²) < 4.78 is 24.7. The van der Waals surface area contributed by atoms with Gasteiger partial charge in [0.2, 0.25) is 5.91 Å². The topological polar surface area (TPSA) is 57.7 Å². The molecule has 1 aliphatic heterocycles. The number of aryl methyl sites for hydroxylation is 1. The van der Waals surface area contributed by atoms with Crippen molar-refractivity contribution >= 4 is 33.0 Å². The smallest absolute Gasteiger partial charge is 0.237 e. The Balaban J connectivity index is 1.46. The Hall–Kier alpha value is -2.05. The Kier molecular flexibility index (Phi) is 6.97. The summed E-state index contributed by atoms with van der Waals surface area (Å²) in [7, 11) is -3.40. The van der Waals surface area contributed by atoms with E-state index in [9.17, 15) is 13.2 Å². The van der Waals surface area contributed by atoms with Crippen LogP contribution in [0.25, 0.3) is 0 Å². The molecule has 150 valence electrons. The largest absolute Gasteiger partial charge is 0.367 e. The second kappa shape index (κ2) is 9.43. The SMILES string of the molecule is O=C(CS(=O)(=O)CCCc1ccccc1)N1CCN(c2ccccc2Cl)CC1. The van der Waals surface area contributed by atoms with Gasteiger partial charge in [-0.05, 0) is 30.5 Å². The van der Waals surface area contributed by atoms with Crippen molar-refractivity contribution in [2.45, 2.75) is 12.8 Å². The van der Waals surface area contributed by atoms with Crippen molar-refractivity contribution in [3.05, 3.63) is 65.2 Å². The molecular formula is C21H25ClN2O3S. The number of nitrogens with zero attached hydrogens (tertiary/aromatic N) is 2. The average molecular weight is 421 g/mol. The fourth-order valence-corrected chi connectivity index (χ4v) is 4.94. The Morgan fingerprint density at radius 3 is 2.25 bits per heavy atom. The van der Waals surface area contributed by atoms with Crippen LogP contribution in [0.5, 0.6) is 0 Å². The zero-order chi connectivity index (χ0) is 20.0. The van der Waals surface area contributed by atoms with Gasteiger partial charge in [0.15, 0.2) is 9.84 Å². The Labute approximate surface area is 171 Å². The number of halogens is 1. The van der Waals surface area contributed by atoms with Crippen LogP contribution >= 0.6 is 11.6 Å². The molecule has 1 fully saturated rings. The molecule has 1 aliphatic rings. The summed E-state index contributed by atoms with van der Waals surface area (Å²) >= 11 is 6.23. The van der Waals surface area contributed by atoms with Gasteiger partial charge in [0.25, 0.3) is 0 Å². The number of carbonyl (C=O) groups excluding carboxylic acids is 1. The summed E-state index contributed by atoms with van der Waals surface area (Å²) in [6.45, 7) is 2.29. The maximum atomic E-state index is 12.5. The molecule has 0 aliphatic carbocycles. The lowest BCUT2D eigenvalue weighted by molar-refractivity contribution is -0.128. The molecule has 1 heterocycles. The first-order valence-electron chi connectivity index (χ1n) is 9.46. The number of hydrogen-bond acceptors (Lipinski definition) is 4. The minimum Gasteiger partial charge on any atom is -0.367 e. The first-order valence-corrected chi connectivity index (χ1v) is 11.7. The number of anilines is 1. The number of hydrogen-bond donors (Lipinski definition) is 0. The van der Waals surface area contributed by atoms with E-state index in [4.69, 9.17) is 11.6 Å². The van der Waals surface area contributed by atoms with Crippen LogP contribution in [-0.2, 0) is 21.1 Å². The summed E-state index contributed by atoms with van der Waals surface area (Å²) in [5.74, 6) is -0.681. The highest BCUT2D eigenvalue weighted by Gasteiger charge is 2.25. The van der Waals surface area contributed by atoms with E-state index in [-0.39, 0.29) is 11.7 Å². The highest BCUT2D eigenvalue weighted by atomic mass is 35.5. The molecule has 0 aromatic heterocycles. The van der Waals surface area contributed by atoms with Gasteiger partial charge in [-0.2, -0.15) is 0 Å². The lowest BCUT2D eigenvalue weighted by Gasteiger charge is -2.36. The van der Waals surface area contributed by atoms with Gasteiger partial charge in [-0.25, -0.2) is 8.42 Å². The molecule has 3 rings (SSSR count). The van der Waals surface area contributed by atoms with E-state index in [2.05, 4.69) is 4.90 Å². The second-order valence-electron chi connectivity index (χ2n) is 7.00. The third-order valence-corrected chi connectivity index (χ3v) is 6.85. The maximum absolute atomic E-state index is 12.5. The van der Waals surface area contributed by atoms with Gasteiger partial charge in [0, 0.05) is 26.2 Å². The summed E-state index contributed by atoms with van der Waals surface area (Å²) in [5, 5.41) is 0.684. The predicted molar refractivity (Wildman–Crippen MR) is 114 cm³/mol. The quantitative estimate of drug-likeness (QED) is 0.690. The third kappa shape index (κ3) is 5.72. The van der Waals surface area contributed by atoms with Gasteiger partial charge in [-0.3, -0.25) is 4.79 Å². The fourth-order valence-electron chi connectivity index (χ4n) is 3.40. The van der Waals surface area contributed by atoms with E-state index in [0.717, 1.165) is 11.3 Å². The highest BCUT2D eigenvalue weighted by molar-refractivity contribution is 7.92. The molecule has 0 saturated carbocycles. The molecule has 5 nitrogen and oxygen atoms in total. The van der Waals surface area contributed by atoms with E-state index in [0.29, 0.717) is 44.0 Å². The molecule has 2 aromatic rings. The van der Waals surface area contributed by atoms with Crippen molar-refractivity contribution in [3.63, 3.8) is 0 Å². The monoisotopic (exact) mass is 420 g/mol. The van der Waals surface area contributed by atoms with Crippen molar-refractivity contribution in [1.82, 2.24) is 4.90 Å². The van der Waals surface area contributed by atoms with Gasteiger partial charge in [-0.1, -0.05) is 54.1 Å². The van der Waals surface area contributed by atoms with E-state index in [1.165, 1.54) is 0 Å². The first-order chi connectivity index (χ1) is 13.4. The van der Waals surface area contributed by atoms with Crippen LogP contribution < -0.4 is 4.90 Å². The van der Waals surface area contributed by atoms with Crippen LogP contribution in [0.15, 0.2) is 54.6 Å². The highest BCUT2D eigenvalue weighted by Crippen LogP contribution is 2.26. The molecule has 0 N–H and O–H groups in total. The predicted octanol–water partition coefficient (Wildman–Crippen LogP) is 3.04. The minimum absolute atomic E-state index is 0.0349. The molecule has 0 atom stereocenters. The second-order valence-corrected chi connectivity index (χ2v) is 9.59. The molecule has 1 saturated heterocycles. The first kappa shape index (κ1) is 20.7. The van der Waals surface area contributed by atoms with Crippen LogP contribution in [0.1, 0.15) is 12.0 Å². The van der Waals surface area contributed by atoms with Gasteiger partial charge < -0.3 is 9.80 Å². The van der Waals surface area contributed by atoms with Gasteiger partial charge >= 0.3 is 0 Å². The van der Waals surface area contributed by atoms with Crippen LogP contribution in [0.2, 0.25) is 5.02 Å². The molecule has 2 aromatic carbocycles. The lowest BCUT2D eigenvalue weighted by Crippen LogP contribution is -2.50. The van der Waals surface area contributed by atoms with Crippen LogP contribution in [0.4, 0.5) is 5.69 Å². The number of sulfone groups is 1.